The Balaban J connectivity index is 2.53. The average Bonchev–Trinajstić information content (AvgIpc) is 2.31. The van der Waals surface area contributed by atoms with Gasteiger partial charge >= 0.3 is 0 Å². The number of piperazine rings is 1. The first-order valence-electron chi connectivity index (χ1n) is 5.35. The van der Waals surface area contributed by atoms with Crippen molar-refractivity contribution < 1.29 is 4.74 Å². The van der Waals surface area contributed by atoms with Gasteiger partial charge in [0.1, 0.15) is 5.76 Å². The van der Waals surface area contributed by atoms with Crippen molar-refractivity contribution in [1.29, 1.82) is 0 Å². The fourth-order valence-corrected chi connectivity index (χ4v) is 1.56. The Morgan fingerprint density at radius 3 is 2.60 bits per heavy atom. The van der Waals surface area contributed by atoms with Crippen LogP contribution in [0.15, 0.2) is 23.6 Å². The standard InChI is InChI=1S/C11H21N3O/c1-10(3-4-11(9-12)15-2)14-7-5-13-6-8-14/h3-4,13H,5-9,12H2,1-2H3/b10-3+,11-4+. The molecule has 4 nitrogen and oxygen atoms in total. The van der Waals surface area contributed by atoms with Gasteiger partial charge in [-0.3, -0.25) is 0 Å². The third kappa shape index (κ3) is 3.93. The summed E-state index contributed by atoms with van der Waals surface area (Å²) in [5.74, 6) is 0.810. The van der Waals surface area contributed by atoms with Crippen LogP contribution in [0.25, 0.3) is 0 Å². The van der Waals surface area contributed by atoms with E-state index in [-0.39, 0.29) is 0 Å². The van der Waals surface area contributed by atoms with Crippen molar-refractivity contribution >= 4 is 0 Å². The Bertz CT molecular complexity index is 236. The quantitative estimate of drug-likeness (QED) is 0.518. The average molecular weight is 211 g/mol. The zero-order valence-electron chi connectivity index (χ0n) is 9.62. The summed E-state index contributed by atoms with van der Waals surface area (Å²) < 4.78 is 5.10. The number of methoxy groups -OCH3 is 1. The lowest BCUT2D eigenvalue weighted by Gasteiger charge is -2.29. The summed E-state index contributed by atoms with van der Waals surface area (Å²) in [4.78, 5) is 2.36. The van der Waals surface area contributed by atoms with Crippen LogP contribution in [0, 0.1) is 0 Å². The fraction of sp³-hybridized carbons (Fsp3) is 0.636. The third-order valence-electron chi connectivity index (χ3n) is 2.59. The van der Waals surface area contributed by atoms with E-state index in [1.54, 1.807) is 7.11 Å². The van der Waals surface area contributed by atoms with Gasteiger partial charge in [0.15, 0.2) is 0 Å². The molecule has 15 heavy (non-hydrogen) atoms. The molecule has 0 unspecified atom stereocenters. The van der Waals surface area contributed by atoms with Crippen LogP contribution >= 0.6 is 0 Å². The van der Waals surface area contributed by atoms with E-state index >= 15 is 0 Å². The molecule has 1 fully saturated rings. The van der Waals surface area contributed by atoms with Crippen molar-refractivity contribution in [1.82, 2.24) is 10.2 Å². The number of hydrogen-bond acceptors (Lipinski definition) is 4. The summed E-state index contributed by atoms with van der Waals surface area (Å²) in [6.45, 7) is 6.82. The second kappa shape index (κ2) is 6.48. The Hall–Kier alpha value is -1.00. The lowest BCUT2D eigenvalue weighted by Crippen LogP contribution is -2.42. The molecule has 1 saturated heterocycles. The Morgan fingerprint density at radius 2 is 2.07 bits per heavy atom. The zero-order chi connectivity index (χ0) is 11.1. The monoisotopic (exact) mass is 211 g/mol. The molecule has 0 saturated carbocycles. The molecule has 1 heterocycles. The molecule has 1 aliphatic heterocycles. The highest BCUT2D eigenvalue weighted by atomic mass is 16.5. The van der Waals surface area contributed by atoms with Gasteiger partial charge in [-0.1, -0.05) is 0 Å². The first-order valence-corrected chi connectivity index (χ1v) is 5.35. The van der Waals surface area contributed by atoms with Crippen LogP contribution in [-0.4, -0.2) is 44.7 Å². The van der Waals surface area contributed by atoms with Crippen LogP contribution in [0.2, 0.25) is 0 Å². The molecular weight excluding hydrogens is 190 g/mol. The Morgan fingerprint density at radius 1 is 1.40 bits per heavy atom. The maximum absolute atomic E-state index is 5.50. The Kier molecular flexibility index (Phi) is 5.21. The molecular formula is C11H21N3O. The molecule has 0 bridgehead atoms. The third-order valence-corrected chi connectivity index (χ3v) is 2.59. The topological polar surface area (TPSA) is 50.5 Å². The van der Waals surface area contributed by atoms with Crippen LogP contribution in [0.5, 0.6) is 0 Å². The second-order valence-corrected chi connectivity index (χ2v) is 3.59. The minimum Gasteiger partial charge on any atom is -0.500 e. The number of ether oxygens (including phenoxy) is 1. The van der Waals surface area contributed by atoms with E-state index in [0.717, 1.165) is 31.9 Å². The van der Waals surface area contributed by atoms with E-state index in [0.29, 0.717) is 6.54 Å². The molecule has 1 aliphatic rings. The lowest BCUT2D eigenvalue weighted by atomic mass is 10.3. The summed E-state index contributed by atoms with van der Waals surface area (Å²) in [5, 5.41) is 3.33. The molecule has 0 aromatic heterocycles. The van der Waals surface area contributed by atoms with Gasteiger partial charge < -0.3 is 20.7 Å². The van der Waals surface area contributed by atoms with Gasteiger partial charge in [-0.25, -0.2) is 0 Å². The van der Waals surface area contributed by atoms with Crippen LogP contribution < -0.4 is 11.1 Å². The normalized spacial score (nSPS) is 19.3. The fourth-order valence-electron chi connectivity index (χ4n) is 1.56. The van der Waals surface area contributed by atoms with Crippen LogP contribution in [0.1, 0.15) is 6.92 Å². The van der Waals surface area contributed by atoms with Crippen LogP contribution in [0.3, 0.4) is 0 Å². The summed E-state index contributed by atoms with van der Waals surface area (Å²) in [6, 6.07) is 0. The zero-order valence-corrected chi connectivity index (χ0v) is 9.62. The van der Waals surface area contributed by atoms with Crippen molar-refractivity contribution in [2.75, 3.05) is 39.8 Å². The maximum Gasteiger partial charge on any atom is 0.109 e. The first kappa shape index (κ1) is 12.1. The van der Waals surface area contributed by atoms with E-state index in [9.17, 15) is 0 Å². The molecule has 0 aromatic carbocycles. The van der Waals surface area contributed by atoms with Gasteiger partial charge in [0.2, 0.25) is 0 Å². The van der Waals surface area contributed by atoms with Gasteiger partial charge in [-0.15, -0.1) is 0 Å². The van der Waals surface area contributed by atoms with E-state index in [1.165, 1.54) is 5.70 Å². The predicted octanol–water partition coefficient (Wildman–Crippen LogP) is 0.284. The second-order valence-electron chi connectivity index (χ2n) is 3.59. The van der Waals surface area contributed by atoms with Crippen molar-refractivity contribution in [3.63, 3.8) is 0 Å². The molecule has 0 aliphatic carbocycles. The van der Waals surface area contributed by atoms with Crippen LogP contribution in [0.4, 0.5) is 0 Å². The molecule has 0 amide bonds. The minimum absolute atomic E-state index is 0.446. The number of rotatable bonds is 4. The van der Waals surface area contributed by atoms with Gasteiger partial charge in [-0.2, -0.15) is 0 Å². The smallest absolute Gasteiger partial charge is 0.109 e. The summed E-state index contributed by atoms with van der Waals surface area (Å²) >= 11 is 0. The molecule has 1 rings (SSSR count). The number of allylic oxidation sites excluding steroid dienone is 3. The summed E-state index contributed by atoms with van der Waals surface area (Å²) in [7, 11) is 1.65. The highest BCUT2D eigenvalue weighted by Crippen LogP contribution is 2.05. The van der Waals surface area contributed by atoms with E-state index in [1.807, 2.05) is 6.08 Å². The SMILES string of the molecule is CO/C(=C/C=C(\C)N1CCNCC1)CN. The summed E-state index contributed by atoms with van der Waals surface area (Å²) in [5.41, 5.74) is 6.77. The molecule has 0 atom stereocenters. The largest absolute Gasteiger partial charge is 0.500 e. The number of hydrogen-bond donors (Lipinski definition) is 2. The maximum atomic E-state index is 5.50. The van der Waals surface area contributed by atoms with Gasteiger partial charge in [0.05, 0.1) is 13.7 Å². The highest BCUT2D eigenvalue weighted by molar-refractivity contribution is 5.14. The highest BCUT2D eigenvalue weighted by Gasteiger charge is 2.08. The molecule has 4 heteroatoms. The van der Waals surface area contributed by atoms with Crippen molar-refractivity contribution in [3.05, 3.63) is 23.6 Å². The van der Waals surface area contributed by atoms with Crippen LogP contribution in [-0.2, 0) is 4.74 Å². The van der Waals surface area contributed by atoms with Gasteiger partial charge in [0.25, 0.3) is 0 Å². The Labute approximate surface area is 91.8 Å². The first-order chi connectivity index (χ1) is 7.27. The molecule has 0 spiro atoms. The molecule has 86 valence electrons. The van der Waals surface area contributed by atoms with E-state index < -0.39 is 0 Å². The minimum atomic E-state index is 0.446. The molecule has 0 radical (unpaired) electrons. The number of nitrogens with two attached hydrogens (primary N) is 1. The summed E-state index contributed by atoms with van der Waals surface area (Å²) in [6.07, 6.45) is 4.01. The van der Waals surface area contributed by atoms with Gasteiger partial charge in [-0.05, 0) is 19.1 Å². The lowest BCUT2D eigenvalue weighted by molar-refractivity contribution is 0.286. The predicted molar refractivity (Wildman–Crippen MR) is 62.3 cm³/mol. The van der Waals surface area contributed by atoms with Crippen molar-refractivity contribution in [2.24, 2.45) is 5.73 Å². The van der Waals surface area contributed by atoms with Crippen molar-refractivity contribution in [3.8, 4) is 0 Å². The van der Waals surface area contributed by atoms with E-state index in [2.05, 4.69) is 23.2 Å². The van der Waals surface area contributed by atoms with E-state index in [4.69, 9.17) is 10.5 Å². The molecule has 3 N–H and O–H groups in total. The van der Waals surface area contributed by atoms with Crippen molar-refractivity contribution in [2.45, 2.75) is 6.92 Å². The molecule has 0 aromatic rings. The number of nitrogens with one attached hydrogen (secondary N) is 1. The number of nitrogens with zero attached hydrogens (tertiary/aromatic N) is 1. The van der Waals surface area contributed by atoms with Gasteiger partial charge in [0, 0.05) is 31.9 Å².